The summed E-state index contributed by atoms with van der Waals surface area (Å²) in [6.07, 6.45) is 3.98. The molecule has 0 spiro atoms. The number of ketones is 1. The molecule has 1 aliphatic rings. The number of H-pyrrole nitrogens is 1. The molecule has 4 aromatic rings. The van der Waals surface area contributed by atoms with E-state index < -0.39 is 5.25 Å². The van der Waals surface area contributed by atoms with Crippen molar-refractivity contribution in [2.75, 3.05) is 0 Å². The minimum absolute atomic E-state index is 0.0230. The van der Waals surface area contributed by atoms with Crippen LogP contribution in [-0.2, 0) is 0 Å². The number of hydrogen-bond acceptors (Lipinski definition) is 5. The fourth-order valence-corrected chi connectivity index (χ4v) is 4.13. The lowest BCUT2D eigenvalue weighted by Crippen LogP contribution is -2.09. The average Bonchev–Trinajstić information content (AvgIpc) is 3.30. The lowest BCUT2D eigenvalue weighted by Gasteiger charge is -2.13. The van der Waals surface area contributed by atoms with Gasteiger partial charge in [-0.05, 0) is 36.2 Å². The number of fused-ring (bicyclic) bond motifs is 1. The monoisotopic (exact) mass is 375 g/mol. The Balaban J connectivity index is 1.51. The number of carbonyl (C=O) groups excluding carboxylic acids is 1. The van der Waals surface area contributed by atoms with E-state index >= 15 is 0 Å². The van der Waals surface area contributed by atoms with Crippen molar-refractivity contribution in [3.8, 4) is 0 Å². The van der Waals surface area contributed by atoms with Gasteiger partial charge < -0.3 is 9.40 Å². The standard InChI is InChI=1S/C21H17N3O2S/c25-18(16-12-22-17-9-5-4-8-15(16)17)19(13-6-2-1-3-7-13)27-21-24-23-20(26-21)14-10-11-14/h1-9,12,14,19,22H,10-11H2/t19-/m0/s1. The second-order valence-electron chi connectivity index (χ2n) is 6.70. The van der Waals surface area contributed by atoms with E-state index in [4.69, 9.17) is 4.42 Å². The Hall–Kier alpha value is -2.86. The molecule has 1 atom stereocenters. The van der Waals surface area contributed by atoms with E-state index in [2.05, 4.69) is 15.2 Å². The number of rotatable bonds is 6. The van der Waals surface area contributed by atoms with Crippen molar-refractivity contribution in [1.29, 1.82) is 0 Å². The zero-order valence-corrected chi connectivity index (χ0v) is 15.3. The molecular formula is C21H17N3O2S. The first-order valence-electron chi connectivity index (χ1n) is 8.95. The third kappa shape index (κ3) is 3.17. The Morgan fingerprint density at radius 2 is 1.85 bits per heavy atom. The first-order valence-corrected chi connectivity index (χ1v) is 9.83. The van der Waals surface area contributed by atoms with Crippen LogP contribution in [0, 0.1) is 0 Å². The molecule has 0 aliphatic heterocycles. The van der Waals surface area contributed by atoms with Crippen molar-refractivity contribution in [2.45, 2.75) is 29.2 Å². The van der Waals surface area contributed by atoms with Crippen LogP contribution in [0.4, 0.5) is 0 Å². The summed E-state index contributed by atoms with van der Waals surface area (Å²) < 4.78 is 5.80. The Labute approximate surface area is 160 Å². The second-order valence-corrected chi connectivity index (χ2v) is 7.76. The van der Waals surface area contributed by atoms with E-state index in [1.54, 1.807) is 6.20 Å². The Morgan fingerprint density at radius 1 is 1.07 bits per heavy atom. The van der Waals surface area contributed by atoms with Crippen molar-refractivity contribution in [3.63, 3.8) is 0 Å². The van der Waals surface area contributed by atoms with Gasteiger partial charge in [-0.15, -0.1) is 10.2 Å². The van der Waals surface area contributed by atoms with Crippen molar-refractivity contribution >= 4 is 28.4 Å². The normalized spacial score (nSPS) is 15.1. The summed E-state index contributed by atoms with van der Waals surface area (Å²) in [6.45, 7) is 0. The fourth-order valence-electron chi connectivity index (χ4n) is 3.18. The number of aromatic amines is 1. The van der Waals surface area contributed by atoms with Crippen LogP contribution in [0.15, 0.2) is 70.4 Å². The zero-order chi connectivity index (χ0) is 18.2. The van der Waals surface area contributed by atoms with E-state index in [1.807, 2.05) is 54.6 Å². The number of benzene rings is 2. The smallest absolute Gasteiger partial charge is 0.277 e. The lowest BCUT2D eigenvalue weighted by molar-refractivity contribution is 0.0990. The molecule has 0 saturated heterocycles. The molecule has 2 heterocycles. The topological polar surface area (TPSA) is 71.8 Å². The van der Waals surface area contributed by atoms with Crippen molar-refractivity contribution in [2.24, 2.45) is 0 Å². The van der Waals surface area contributed by atoms with E-state index in [9.17, 15) is 4.79 Å². The molecule has 6 heteroatoms. The molecule has 5 nitrogen and oxygen atoms in total. The van der Waals surface area contributed by atoms with Gasteiger partial charge in [0, 0.05) is 28.6 Å². The maximum absolute atomic E-state index is 13.4. The Kier molecular flexibility index (Phi) is 4.05. The second kappa shape index (κ2) is 6.70. The first kappa shape index (κ1) is 16.3. The zero-order valence-electron chi connectivity index (χ0n) is 14.5. The van der Waals surface area contributed by atoms with Crippen LogP contribution in [0.1, 0.15) is 45.8 Å². The van der Waals surface area contributed by atoms with E-state index in [-0.39, 0.29) is 5.78 Å². The summed E-state index contributed by atoms with van der Waals surface area (Å²) >= 11 is 1.32. The molecule has 1 aliphatic carbocycles. The highest BCUT2D eigenvalue weighted by Crippen LogP contribution is 2.42. The van der Waals surface area contributed by atoms with Gasteiger partial charge in [-0.25, -0.2) is 0 Å². The third-order valence-electron chi connectivity index (χ3n) is 4.76. The Morgan fingerprint density at radius 3 is 2.67 bits per heavy atom. The number of nitrogens with one attached hydrogen (secondary N) is 1. The summed E-state index contributed by atoms with van der Waals surface area (Å²) in [7, 11) is 0. The van der Waals surface area contributed by atoms with Crippen LogP contribution < -0.4 is 0 Å². The van der Waals surface area contributed by atoms with Gasteiger partial charge in [0.2, 0.25) is 5.89 Å². The highest BCUT2D eigenvalue weighted by atomic mass is 32.2. The van der Waals surface area contributed by atoms with E-state index in [0.29, 0.717) is 22.6 Å². The highest BCUT2D eigenvalue weighted by molar-refractivity contribution is 8.00. The predicted molar refractivity (Wildman–Crippen MR) is 104 cm³/mol. The molecule has 0 amide bonds. The van der Waals surface area contributed by atoms with Crippen LogP contribution >= 0.6 is 11.8 Å². The van der Waals surface area contributed by atoms with Gasteiger partial charge in [0.05, 0.1) is 0 Å². The minimum Gasteiger partial charge on any atom is -0.416 e. The van der Waals surface area contributed by atoms with Crippen LogP contribution in [0.2, 0.25) is 0 Å². The minimum atomic E-state index is -0.446. The van der Waals surface area contributed by atoms with Crippen molar-refractivity contribution in [3.05, 3.63) is 77.8 Å². The summed E-state index contributed by atoms with van der Waals surface area (Å²) in [4.78, 5) is 16.6. The number of hydrogen-bond donors (Lipinski definition) is 1. The quantitative estimate of drug-likeness (QED) is 0.373. The molecule has 1 N–H and O–H groups in total. The molecule has 1 saturated carbocycles. The number of nitrogens with zero attached hydrogens (tertiary/aromatic N) is 2. The summed E-state index contributed by atoms with van der Waals surface area (Å²) in [6, 6.07) is 17.6. The molecule has 5 rings (SSSR count). The van der Waals surface area contributed by atoms with Crippen LogP contribution in [-0.4, -0.2) is 21.0 Å². The maximum Gasteiger partial charge on any atom is 0.277 e. The van der Waals surface area contributed by atoms with Gasteiger partial charge in [-0.2, -0.15) is 0 Å². The first-order chi connectivity index (χ1) is 13.3. The van der Waals surface area contributed by atoms with Gasteiger partial charge in [0.25, 0.3) is 5.22 Å². The van der Waals surface area contributed by atoms with E-state index in [1.165, 1.54) is 11.8 Å². The van der Waals surface area contributed by atoms with Gasteiger partial charge in [0.1, 0.15) is 5.25 Å². The summed E-state index contributed by atoms with van der Waals surface area (Å²) in [5.74, 6) is 1.10. The van der Waals surface area contributed by atoms with Gasteiger partial charge in [-0.3, -0.25) is 4.79 Å². The molecule has 2 aromatic heterocycles. The maximum atomic E-state index is 13.4. The predicted octanol–water partition coefficient (Wildman–Crippen LogP) is 5.14. The fraction of sp³-hybridized carbons (Fsp3) is 0.190. The van der Waals surface area contributed by atoms with Crippen molar-refractivity contribution in [1.82, 2.24) is 15.2 Å². The number of Topliss-reactive ketones (excluding diaryl/α,β-unsaturated/α-hetero) is 1. The van der Waals surface area contributed by atoms with Crippen LogP contribution in [0.3, 0.4) is 0 Å². The molecule has 0 unspecified atom stereocenters. The Bertz CT molecular complexity index is 1100. The molecule has 1 fully saturated rings. The molecule has 2 aromatic carbocycles. The lowest BCUT2D eigenvalue weighted by atomic mass is 10.0. The number of para-hydroxylation sites is 1. The van der Waals surface area contributed by atoms with Gasteiger partial charge >= 0.3 is 0 Å². The molecular weight excluding hydrogens is 358 g/mol. The molecule has 0 bridgehead atoms. The van der Waals surface area contributed by atoms with E-state index in [0.717, 1.165) is 29.3 Å². The molecule has 134 valence electrons. The van der Waals surface area contributed by atoms with Crippen molar-refractivity contribution < 1.29 is 9.21 Å². The SMILES string of the molecule is O=C(c1c[nH]c2ccccc12)[C@@H](Sc1nnc(C2CC2)o1)c1ccccc1. The third-order valence-corrected chi connectivity index (χ3v) is 5.85. The largest absolute Gasteiger partial charge is 0.416 e. The number of thioether (sulfide) groups is 1. The summed E-state index contributed by atoms with van der Waals surface area (Å²) in [5.41, 5.74) is 2.55. The van der Waals surface area contributed by atoms with Crippen LogP contribution in [0.25, 0.3) is 10.9 Å². The average molecular weight is 375 g/mol. The van der Waals surface area contributed by atoms with Gasteiger partial charge in [0.15, 0.2) is 5.78 Å². The molecule has 0 radical (unpaired) electrons. The number of carbonyl (C=O) groups is 1. The summed E-state index contributed by atoms with van der Waals surface area (Å²) in [5, 5.41) is 9.22. The number of aromatic nitrogens is 3. The van der Waals surface area contributed by atoms with Crippen LogP contribution in [0.5, 0.6) is 0 Å². The van der Waals surface area contributed by atoms with Gasteiger partial charge in [-0.1, -0.05) is 48.5 Å². The molecule has 27 heavy (non-hydrogen) atoms. The highest BCUT2D eigenvalue weighted by Gasteiger charge is 2.31.